The average Bonchev–Trinajstić information content (AvgIpc) is 2.52. The molecule has 2 heteroatoms. The van der Waals surface area contributed by atoms with Gasteiger partial charge in [-0.1, -0.05) is 18.2 Å². The van der Waals surface area contributed by atoms with E-state index in [9.17, 15) is 0 Å². The molecule has 1 aliphatic heterocycles. The summed E-state index contributed by atoms with van der Waals surface area (Å²) in [4.78, 5) is 0. The molecule has 0 spiro atoms. The first kappa shape index (κ1) is 8.57. The molecule has 0 radical (unpaired) electrons. The van der Waals surface area contributed by atoms with Gasteiger partial charge in [0.05, 0.1) is 5.69 Å². The lowest BCUT2D eigenvalue weighted by Gasteiger charge is -2.27. The van der Waals surface area contributed by atoms with Gasteiger partial charge in [-0.05, 0) is 25.0 Å². The van der Waals surface area contributed by atoms with Crippen LogP contribution in [0.2, 0.25) is 0 Å². The third-order valence-electron chi connectivity index (χ3n) is 2.66. The van der Waals surface area contributed by atoms with E-state index in [1.54, 1.807) is 0 Å². The molecule has 13 heavy (non-hydrogen) atoms. The monoisotopic (exact) mass is 176 g/mol. The Morgan fingerprint density at radius 2 is 1.92 bits per heavy atom. The van der Waals surface area contributed by atoms with Crippen molar-refractivity contribution in [3.05, 3.63) is 29.8 Å². The number of para-hydroxylation sites is 1. The van der Waals surface area contributed by atoms with Gasteiger partial charge in [0.15, 0.2) is 0 Å². The van der Waals surface area contributed by atoms with Crippen molar-refractivity contribution in [3.8, 4) is 0 Å². The van der Waals surface area contributed by atoms with Gasteiger partial charge < -0.3 is 5.01 Å². The molecular formula is C11H16N2. The molecule has 0 unspecified atom stereocenters. The highest BCUT2D eigenvalue weighted by molar-refractivity contribution is 5.52. The van der Waals surface area contributed by atoms with E-state index in [0.717, 1.165) is 6.54 Å². The summed E-state index contributed by atoms with van der Waals surface area (Å²) < 4.78 is 0. The van der Waals surface area contributed by atoms with Crippen LogP contribution in [0, 0.1) is 6.92 Å². The average molecular weight is 176 g/mol. The molecule has 2 rings (SSSR count). The van der Waals surface area contributed by atoms with Gasteiger partial charge in [-0.25, -0.2) is 5.01 Å². The van der Waals surface area contributed by atoms with E-state index in [0.29, 0.717) is 0 Å². The van der Waals surface area contributed by atoms with Gasteiger partial charge in [0, 0.05) is 20.1 Å². The maximum Gasteiger partial charge on any atom is 0.0551 e. The molecular weight excluding hydrogens is 160 g/mol. The van der Waals surface area contributed by atoms with Crippen molar-refractivity contribution in [1.82, 2.24) is 5.01 Å². The Morgan fingerprint density at radius 1 is 1.15 bits per heavy atom. The Bertz CT molecular complexity index is 296. The van der Waals surface area contributed by atoms with E-state index >= 15 is 0 Å². The van der Waals surface area contributed by atoms with Crippen molar-refractivity contribution >= 4 is 5.69 Å². The van der Waals surface area contributed by atoms with Crippen LogP contribution in [0.5, 0.6) is 0 Å². The molecule has 1 saturated heterocycles. The van der Waals surface area contributed by atoms with Crippen molar-refractivity contribution < 1.29 is 0 Å². The Morgan fingerprint density at radius 3 is 2.54 bits per heavy atom. The molecule has 0 aliphatic carbocycles. The minimum absolute atomic E-state index is 1.15. The Kier molecular flexibility index (Phi) is 2.23. The molecule has 0 amide bonds. The molecule has 1 heterocycles. The second kappa shape index (κ2) is 3.38. The normalized spacial score (nSPS) is 18.2. The molecule has 0 bridgehead atoms. The third-order valence-corrected chi connectivity index (χ3v) is 2.66. The van der Waals surface area contributed by atoms with E-state index in [2.05, 4.69) is 48.3 Å². The van der Waals surface area contributed by atoms with Gasteiger partial charge >= 0.3 is 0 Å². The number of rotatable bonds is 1. The lowest BCUT2D eigenvalue weighted by molar-refractivity contribution is 0.382. The molecule has 0 aromatic heterocycles. The molecule has 0 N–H and O–H groups in total. The highest BCUT2D eigenvalue weighted by Crippen LogP contribution is 2.23. The summed E-state index contributed by atoms with van der Waals surface area (Å²) in [5.74, 6) is 0. The fourth-order valence-corrected chi connectivity index (χ4v) is 1.90. The van der Waals surface area contributed by atoms with Crippen LogP contribution in [0.25, 0.3) is 0 Å². The van der Waals surface area contributed by atoms with Crippen LogP contribution < -0.4 is 5.01 Å². The van der Waals surface area contributed by atoms with Crippen molar-refractivity contribution in [1.29, 1.82) is 0 Å². The van der Waals surface area contributed by atoms with E-state index in [4.69, 9.17) is 0 Å². The predicted molar refractivity (Wildman–Crippen MR) is 55.8 cm³/mol. The number of benzene rings is 1. The maximum absolute atomic E-state index is 2.36. The lowest BCUT2D eigenvalue weighted by Crippen LogP contribution is -2.33. The quantitative estimate of drug-likeness (QED) is 0.646. The molecule has 0 saturated carbocycles. The zero-order valence-corrected chi connectivity index (χ0v) is 8.33. The van der Waals surface area contributed by atoms with Gasteiger partial charge in [0.25, 0.3) is 0 Å². The number of hydrazine groups is 1. The second-order valence-electron chi connectivity index (χ2n) is 3.64. The van der Waals surface area contributed by atoms with Crippen molar-refractivity contribution in [2.45, 2.75) is 13.3 Å². The van der Waals surface area contributed by atoms with E-state index in [1.807, 2.05) is 0 Å². The molecule has 2 nitrogen and oxygen atoms in total. The van der Waals surface area contributed by atoms with Crippen molar-refractivity contribution in [2.24, 2.45) is 0 Å². The van der Waals surface area contributed by atoms with E-state index in [1.165, 1.54) is 24.2 Å². The summed E-state index contributed by atoms with van der Waals surface area (Å²) in [5, 5.41) is 4.65. The minimum atomic E-state index is 1.15. The van der Waals surface area contributed by atoms with Crippen LogP contribution in [-0.2, 0) is 0 Å². The zero-order valence-electron chi connectivity index (χ0n) is 8.33. The lowest BCUT2D eigenvalue weighted by atomic mass is 10.2. The van der Waals surface area contributed by atoms with Crippen LogP contribution in [0.15, 0.2) is 24.3 Å². The predicted octanol–water partition coefficient (Wildman–Crippen LogP) is 2.05. The standard InChI is InChI=1S/C11H16N2/c1-10-6-3-4-7-11(10)13-9-5-8-12(13)2/h3-4,6-7H,5,8-9H2,1-2H3. The van der Waals surface area contributed by atoms with Gasteiger partial charge in [0.1, 0.15) is 0 Å². The minimum Gasteiger partial charge on any atom is -0.306 e. The second-order valence-corrected chi connectivity index (χ2v) is 3.64. The Labute approximate surface area is 79.7 Å². The Balaban J connectivity index is 2.29. The van der Waals surface area contributed by atoms with Crippen LogP contribution in [0.4, 0.5) is 5.69 Å². The van der Waals surface area contributed by atoms with Crippen molar-refractivity contribution in [2.75, 3.05) is 25.1 Å². The van der Waals surface area contributed by atoms with E-state index < -0.39 is 0 Å². The van der Waals surface area contributed by atoms with Crippen LogP contribution in [0.3, 0.4) is 0 Å². The molecule has 70 valence electrons. The summed E-state index contributed by atoms with van der Waals surface area (Å²) in [6.45, 7) is 4.50. The summed E-state index contributed by atoms with van der Waals surface area (Å²) >= 11 is 0. The van der Waals surface area contributed by atoms with Crippen molar-refractivity contribution in [3.63, 3.8) is 0 Å². The number of hydrogen-bond donors (Lipinski definition) is 0. The van der Waals surface area contributed by atoms with Gasteiger partial charge in [-0.2, -0.15) is 0 Å². The Hall–Kier alpha value is -1.02. The van der Waals surface area contributed by atoms with Crippen LogP contribution in [-0.4, -0.2) is 25.1 Å². The third kappa shape index (κ3) is 1.54. The van der Waals surface area contributed by atoms with Crippen LogP contribution >= 0.6 is 0 Å². The topological polar surface area (TPSA) is 6.48 Å². The summed E-state index contributed by atoms with van der Waals surface area (Å²) in [5.41, 5.74) is 2.71. The first-order chi connectivity index (χ1) is 6.29. The highest BCUT2D eigenvalue weighted by atomic mass is 15.6. The first-order valence-corrected chi connectivity index (χ1v) is 4.83. The molecule has 1 aliphatic rings. The van der Waals surface area contributed by atoms with Crippen LogP contribution in [0.1, 0.15) is 12.0 Å². The number of anilines is 1. The molecule has 0 atom stereocenters. The fourth-order valence-electron chi connectivity index (χ4n) is 1.90. The molecule has 1 aromatic rings. The smallest absolute Gasteiger partial charge is 0.0551 e. The number of aryl methyl sites for hydroxylation is 1. The fraction of sp³-hybridized carbons (Fsp3) is 0.455. The number of nitrogens with zero attached hydrogens (tertiary/aromatic N) is 2. The maximum atomic E-state index is 2.36. The zero-order chi connectivity index (χ0) is 9.26. The molecule has 1 aromatic carbocycles. The summed E-state index contributed by atoms with van der Waals surface area (Å²) in [6, 6.07) is 8.56. The van der Waals surface area contributed by atoms with Gasteiger partial charge in [-0.15, -0.1) is 0 Å². The van der Waals surface area contributed by atoms with Gasteiger partial charge in [0.2, 0.25) is 0 Å². The summed E-state index contributed by atoms with van der Waals surface area (Å²) in [6.07, 6.45) is 1.27. The number of hydrogen-bond acceptors (Lipinski definition) is 2. The highest BCUT2D eigenvalue weighted by Gasteiger charge is 2.18. The first-order valence-electron chi connectivity index (χ1n) is 4.83. The van der Waals surface area contributed by atoms with E-state index in [-0.39, 0.29) is 0 Å². The SMILES string of the molecule is Cc1ccccc1N1CCCN1C. The summed E-state index contributed by atoms with van der Waals surface area (Å²) in [7, 11) is 2.15. The largest absolute Gasteiger partial charge is 0.306 e. The molecule has 1 fully saturated rings. The van der Waals surface area contributed by atoms with Gasteiger partial charge in [-0.3, -0.25) is 0 Å².